The van der Waals surface area contributed by atoms with Gasteiger partial charge in [-0.3, -0.25) is 0 Å². The standard InChI is InChI=1S/C14H19N3O3S/c1-3-13(14-15-7-8-16-14)17-21(19,20)12-6-4-5-11(9-12)10(2)18/h4-10,13,17-18H,3H2,1-2H3,(H,15,16). The first kappa shape index (κ1) is 15.7. The fourth-order valence-corrected chi connectivity index (χ4v) is 3.34. The van der Waals surface area contributed by atoms with Crippen LogP contribution in [0.5, 0.6) is 0 Å². The molecular weight excluding hydrogens is 290 g/mol. The predicted molar refractivity (Wildman–Crippen MR) is 79.0 cm³/mol. The highest BCUT2D eigenvalue weighted by Crippen LogP contribution is 2.20. The van der Waals surface area contributed by atoms with Gasteiger partial charge in [-0.2, -0.15) is 0 Å². The second-order valence-corrected chi connectivity index (χ2v) is 6.52. The fourth-order valence-electron chi connectivity index (χ4n) is 2.00. The summed E-state index contributed by atoms with van der Waals surface area (Å²) in [5, 5.41) is 9.56. The lowest BCUT2D eigenvalue weighted by Crippen LogP contribution is -2.29. The molecule has 1 aromatic carbocycles. The molecule has 0 fully saturated rings. The SMILES string of the molecule is CCC(NS(=O)(=O)c1cccc(C(C)O)c1)c1ncc[nH]1. The van der Waals surface area contributed by atoms with Gasteiger partial charge in [0.05, 0.1) is 17.0 Å². The maximum absolute atomic E-state index is 12.4. The van der Waals surface area contributed by atoms with Crippen LogP contribution in [0.3, 0.4) is 0 Å². The van der Waals surface area contributed by atoms with Crippen molar-refractivity contribution in [1.82, 2.24) is 14.7 Å². The van der Waals surface area contributed by atoms with Crippen molar-refractivity contribution in [2.24, 2.45) is 0 Å². The lowest BCUT2D eigenvalue weighted by atomic mass is 10.1. The number of aromatic amines is 1. The van der Waals surface area contributed by atoms with Gasteiger partial charge in [0.2, 0.25) is 10.0 Å². The molecule has 7 heteroatoms. The molecule has 0 aliphatic carbocycles. The van der Waals surface area contributed by atoms with Crippen LogP contribution >= 0.6 is 0 Å². The Labute approximate surface area is 124 Å². The number of aliphatic hydroxyl groups is 1. The zero-order chi connectivity index (χ0) is 15.5. The number of benzene rings is 1. The first-order valence-corrected chi connectivity index (χ1v) is 8.22. The van der Waals surface area contributed by atoms with E-state index in [1.165, 1.54) is 12.1 Å². The minimum absolute atomic E-state index is 0.130. The molecule has 114 valence electrons. The molecule has 0 aliphatic heterocycles. The first-order valence-electron chi connectivity index (χ1n) is 6.73. The van der Waals surface area contributed by atoms with Gasteiger partial charge in [-0.15, -0.1) is 0 Å². The topological polar surface area (TPSA) is 95.1 Å². The Kier molecular flexibility index (Phi) is 4.76. The minimum Gasteiger partial charge on any atom is -0.389 e. The summed E-state index contributed by atoms with van der Waals surface area (Å²) >= 11 is 0. The average Bonchev–Trinajstić information content (AvgIpc) is 2.99. The third-order valence-electron chi connectivity index (χ3n) is 3.21. The summed E-state index contributed by atoms with van der Waals surface area (Å²) in [5.74, 6) is 0.577. The van der Waals surface area contributed by atoms with Crippen molar-refractivity contribution in [3.8, 4) is 0 Å². The highest BCUT2D eigenvalue weighted by Gasteiger charge is 2.22. The van der Waals surface area contributed by atoms with Crippen LogP contribution in [-0.2, 0) is 10.0 Å². The zero-order valence-corrected chi connectivity index (χ0v) is 12.8. The second-order valence-electron chi connectivity index (χ2n) is 4.81. The van der Waals surface area contributed by atoms with Crippen LogP contribution in [0.25, 0.3) is 0 Å². The number of rotatable bonds is 6. The van der Waals surface area contributed by atoms with Gasteiger partial charge >= 0.3 is 0 Å². The summed E-state index contributed by atoms with van der Waals surface area (Å²) in [5.41, 5.74) is 0.559. The van der Waals surface area contributed by atoms with Crippen LogP contribution in [0, 0.1) is 0 Å². The van der Waals surface area contributed by atoms with Gasteiger partial charge in [0, 0.05) is 12.4 Å². The van der Waals surface area contributed by atoms with Gasteiger partial charge in [0.25, 0.3) is 0 Å². The smallest absolute Gasteiger partial charge is 0.241 e. The number of sulfonamides is 1. The van der Waals surface area contributed by atoms with E-state index >= 15 is 0 Å². The van der Waals surface area contributed by atoms with Crippen molar-refractivity contribution in [2.75, 3.05) is 0 Å². The quantitative estimate of drug-likeness (QED) is 0.759. The lowest BCUT2D eigenvalue weighted by Gasteiger charge is -2.15. The number of aromatic nitrogens is 2. The van der Waals surface area contributed by atoms with Crippen LogP contribution in [-0.4, -0.2) is 23.5 Å². The fraction of sp³-hybridized carbons (Fsp3) is 0.357. The number of H-pyrrole nitrogens is 1. The molecule has 2 unspecified atom stereocenters. The van der Waals surface area contributed by atoms with Crippen molar-refractivity contribution in [2.45, 2.75) is 37.3 Å². The number of nitrogens with zero attached hydrogens (tertiary/aromatic N) is 1. The molecular formula is C14H19N3O3S. The van der Waals surface area contributed by atoms with Gasteiger partial charge in [0.1, 0.15) is 5.82 Å². The number of nitrogens with one attached hydrogen (secondary N) is 2. The Morgan fingerprint density at radius 3 is 2.76 bits per heavy atom. The molecule has 0 aliphatic rings. The second kappa shape index (κ2) is 6.38. The van der Waals surface area contributed by atoms with E-state index in [1.807, 2.05) is 6.92 Å². The Bertz CT molecular complexity index is 681. The molecule has 0 radical (unpaired) electrons. The third-order valence-corrected chi connectivity index (χ3v) is 4.68. The van der Waals surface area contributed by atoms with E-state index in [0.29, 0.717) is 17.8 Å². The van der Waals surface area contributed by atoms with E-state index in [1.54, 1.807) is 31.5 Å². The Morgan fingerprint density at radius 2 is 2.19 bits per heavy atom. The van der Waals surface area contributed by atoms with E-state index in [4.69, 9.17) is 0 Å². The number of imidazole rings is 1. The molecule has 2 rings (SSSR count). The molecule has 0 saturated heterocycles. The molecule has 0 amide bonds. The highest BCUT2D eigenvalue weighted by molar-refractivity contribution is 7.89. The molecule has 2 atom stereocenters. The largest absolute Gasteiger partial charge is 0.389 e. The van der Waals surface area contributed by atoms with Crippen LogP contribution in [0.4, 0.5) is 0 Å². The summed E-state index contributed by atoms with van der Waals surface area (Å²) in [6.07, 6.45) is 3.09. The number of hydrogen-bond donors (Lipinski definition) is 3. The molecule has 3 N–H and O–H groups in total. The molecule has 2 aromatic rings. The molecule has 6 nitrogen and oxygen atoms in total. The Hall–Kier alpha value is -1.70. The summed E-state index contributed by atoms with van der Waals surface area (Å²) in [6.45, 7) is 3.47. The van der Waals surface area contributed by atoms with Crippen LogP contribution in [0.2, 0.25) is 0 Å². The lowest BCUT2D eigenvalue weighted by molar-refractivity contribution is 0.199. The van der Waals surface area contributed by atoms with Gasteiger partial charge in [0.15, 0.2) is 0 Å². The summed E-state index contributed by atoms with van der Waals surface area (Å²) in [4.78, 5) is 7.13. The molecule has 0 saturated carbocycles. The summed E-state index contributed by atoms with van der Waals surface area (Å²) in [6, 6.07) is 5.86. The third kappa shape index (κ3) is 3.69. The van der Waals surface area contributed by atoms with Crippen LogP contribution in [0.1, 0.15) is 43.8 Å². The summed E-state index contributed by atoms with van der Waals surface area (Å²) in [7, 11) is -3.67. The van der Waals surface area contributed by atoms with Crippen LogP contribution in [0.15, 0.2) is 41.6 Å². The maximum Gasteiger partial charge on any atom is 0.241 e. The van der Waals surface area contributed by atoms with E-state index in [0.717, 1.165) is 0 Å². The minimum atomic E-state index is -3.67. The molecule has 1 aromatic heterocycles. The van der Waals surface area contributed by atoms with E-state index in [-0.39, 0.29) is 4.90 Å². The van der Waals surface area contributed by atoms with Gasteiger partial charge in [-0.25, -0.2) is 18.1 Å². The number of hydrogen-bond acceptors (Lipinski definition) is 4. The van der Waals surface area contributed by atoms with Crippen molar-refractivity contribution in [3.63, 3.8) is 0 Å². The Balaban J connectivity index is 2.27. The van der Waals surface area contributed by atoms with Gasteiger partial charge < -0.3 is 10.1 Å². The maximum atomic E-state index is 12.4. The highest BCUT2D eigenvalue weighted by atomic mass is 32.2. The molecule has 0 spiro atoms. The van der Waals surface area contributed by atoms with E-state index in [2.05, 4.69) is 14.7 Å². The van der Waals surface area contributed by atoms with Crippen LogP contribution < -0.4 is 4.72 Å². The first-order chi connectivity index (χ1) is 9.94. The predicted octanol–water partition coefficient (Wildman–Crippen LogP) is 1.89. The average molecular weight is 309 g/mol. The molecule has 21 heavy (non-hydrogen) atoms. The van der Waals surface area contributed by atoms with Gasteiger partial charge in [-0.1, -0.05) is 19.1 Å². The Morgan fingerprint density at radius 1 is 1.43 bits per heavy atom. The van der Waals surface area contributed by atoms with E-state index in [9.17, 15) is 13.5 Å². The summed E-state index contributed by atoms with van der Waals surface area (Å²) < 4.78 is 27.5. The van der Waals surface area contributed by atoms with Gasteiger partial charge in [-0.05, 0) is 31.0 Å². The number of aliphatic hydroxyl groups excluding tert-OH is 1. The zero-order valence-electron chi connectivity index (χ0n) is 11.9. The molecule has 0 bridgehead atoms. The van der Waals surface area contributed by atoms with Crippen molar-refractivity contribution < 1.29 is 13.5 Å². The van der Waals surface area contributed by atoms with E-state index < -0.39 is 22.2 Å². The van der Waals surface area contributed by atoms with Crippen molar-refractivity contribution >= 4 is 10.0 Å². The molecule has 1 heterocycles. The monoisotopic (exact) mass is 309 g/mol. The van der Waals surface area contributed by atoms with Crippen molar-refractivity contribution in [3.05, 3.63) is 48.0 Å². The normalized spacial score (nSPS) is 14.8. The van der Waals surface area contributed by atoms with Crippen molar-refractivity contribution in [1.29, 1.82) is 0 Å².